The van der Waals surface area contributed by atoms with Gasteiger partial charge in [-0.2, -0.15) is 0 Å². The third-order valence-electron chi connectivity index (χ3n) is 2.61. The Labute approximate surface area is 111 Å². The highest BCUT2D eigenvalue weighted by atomic mass is 16.5. The number of pyridine rings is 1. The van der Waals surface area contributed by atoms with Crippen molar-refractivity contribution in [2.45, 2.75) is 13.0 Å². The molecule has 4 heteroatoms. The highest BCUT2D eigenvalue weighted by Gasteiger charge is 2.13. The van der Waals surface area contributed by atoms with Gasteiger partial charge in [0.15, 0.2) is 6.10 Å². The number of aromatic nitrogens is 1. The minimum Gasteiger partial charge on any atom is -0.479 e. The van der Waals surface area contributed by atoms with Gasteiger partial charge in [0.1, 0.15) is 5.75 Å². The van der Waals surface area contributed by atoms with E-state index in [4.69, 9.17) is 11.2 Å². The molecule has 96 valence electrons. The quantitative estimate of drug-likeness (QED) is 0.846. The maximum atomic E-state index is 11.6. The molecule has 1 aromatic heterocycles. The number of benzene rings is 1. The van der Waals surface area contributed by atoms with Gasteiger partial charge in [0.05, 0.1) is 18.3 Å². The summed E-state index contributed by atoms with van der Waals surface area (Å²) in [5.41, 5.74) is 0.888. The lowest BCUT2D eigenvalue weighted by Gasteiger charge is -2.13. The SMILES string of the molecule is C#CCNC(=O)C(C)Oc1cnc2ccccc2c1. The largest absolute Gasteiger partial charge is 0.479 e. The fraction of sp³-hybridized carbons (Fsp3) is 0.200. The van der Waals surface area contributed by atoms with Crippen LogP contribution in [0.1, 0.15) is 6.92 Å². The predicted molar refractivity (Wildman–Crippen MR) is 73.7 cm³/mol. The summed E-state index contributed by atoms with van der Waals surface area (Å²) in [6.07, 6.45) is 6.07. The maximum Gasteiger partial charge on any atom is 0.261 e. The molecule has 4 nitrogen and oxygen atoms in total. The van der Waals surface area contributed by atoms with Crippen LogP contribution in [0.25, 0.3) is 10.9 Å². The van der Waals surface area contributed by atoms with Crippen LogP contribution in [-0.4, -0.2) is 23.5 Å². The first-order chi connectivity index (χ1) is 9.20. The van der Waals surface area contributed by atoms with Crippen LogP contribution < -0.4 is 10.1 Å². The van der Waals surface area contributed by atoms with Gasteiger partial charge in [-0.05, 0) is 19.1 Å². The summed E-state index contributed by atoms with van der Waals surface area (Å²) in [7, 11) is 0. The van der Waals surface area contributed by atoms with Gasteiger partial charge in [0.25, 0.3) is 5.91 Å². The normalized spacial score (nSPS) is 11.6. The molecule has 0 aliphatic rings. The summed E-state index contributed by atoms with van der Waals surface area (Å²) in [6, 6.07) is 9.57. The number of nitrogens with one attached hydrogen (secondary N) is 1. The summed E-state index contributed by atoms with van der Waals surface area (Å²) < 4.78 is 5.54. The molecule has 0 fully saturated rings. The van der Waals surface area contributed by atoms with E-state index in [1.165, 1.54) is 0 Å². The first kappa shape index (κ1) is 12.9. The van der Waals surface area contributed by atoms with Gasteiger partial charge in [-0.3, -0.25) is 9.78 Å². The standard InChI is InChI=1S/C15H14N2O2/c1-3-8-16-15(18)11(2)19-13-9-12-6-4-5-7-14(12)17-10-13/h1,4-7,9-11H,8H2,2H3,(H,16,18). The minimum atomic E-state index is -0.615. The lowest BCUT2D eigenvalue weighted by Crippen LogP contribution is -2.36. The summed E-state index contributed by atoms with van der Waals surface area (Å²) in [6.45, 7) is 1.86. The Bertz CT molecular complexity index is 631. The van der Waals surface area contributed by atoms with Gasteiger partial charge >= 0.3 is 0 Å². The van der Waals surface area contributed by atoms with Crippen molar-refractivity contribution in [3.63, 3.8) is 0 Å². The molecule has 0 aliphatic heterocycles. The fourth-order valence-corrected chi connectivity index (χ4v) is 1.65. The fourth-order valence-electron chi connectivity index (χ4n) is 1.65. The Kier molecular flexibility index (Phi) is 3.99. The van der Waals surface area contributed by atoms with Crippen molar-refractivity contribution in [3.05, 3.63) is 36.5 Å². The molecule has 2 aromatic rings. The number of rotatable bonds is 4. The lowest BCUT2D eigenvalue weighted by molar-refractivity contribution is -0.126. The molecule has 1 atom stereocenters. The van der Waals surface area contributed by atoms with Gasteiger partial charge in [-0.15, -0.1) is 6.42 Å². The van der Waals surface area contributed by atoms with Crippen molar-refractivity contribution in [2.75, 3.05) is 6.54 Å². The van der Waals surface area contributed by atoms with Crippen LogP contribution in [0.4, 0.5) is 0 Å². The Morgan fingerprint density at radius 2 is 2.32 bits per heavy atom. The summed E-state index contributed by atoms with van der Waals surface area (Å²) in [5, 5.41) is 3.54. The first-order valence-electron chi connectivity index (χ1n) is 5.93. The lowest BCUT2D eigenvalue weighted by atomic mass is 10.2. The van der Waals surface area contributed by atoms with Crippen molar-refractivity contribution in [2.24, 2.45) is 0 Å². The number of fused-ring (bicyclic) bond motifs is 1. The number of carbonyl (C=O) groups is 1. The molecule has 0 spiro atoms. The summed E-state index contributed by atoms with van der Waals surface area (Å²) in [4.78, 5) is 15.9. The van der Waals surface area contributed by atoms with E-state index >= 15 is 0 Å². The first-order valence-corrected chi connectivity index (χ1v) is 5.93. The van der Waals surface area contributed by atoms with Crippen molar-refractivity contribution >= 4 is 16.8 Å². The number of ether oxygens (including phenoxy) is 1. The zero-order chi connectivity index (χ0) is 13.7. The Morgan fingerprint density at radius 3 is 3.11 bits per heavy atom. The molecule has 0 saturated heterocycles. The second-order valence-electron chi connectivity index (χ2n) is 4.05. The van der Waals surface area contributed by atoms with Crippen LogP contribution in [0.2, 0.25) is 0 Å². The number of carbonyl (C=O) groups excluding carboxylic acids is 1. The number of hydrogen-bond acceptors (Lipinski definition) is 3. The molecular weight excluding hydrogens is 240 g/mol. The van der Waals surface area contributed by atoms with E-state index in [0.717, 1.165) is 10.9 Å². The monoisotopic (exact) mass is 254 g/mol. The van der Waals surface area contributed by atoms with E-state index < -0.39 is 6.10 Å². The van der Waals surface area contributed by atoms with Gasteiger partial charge < -0.3 is 10.1 Å². The maximum absolute atomic E-state index is 11.6. The van der Waals surface area contributed by atoms with E-state index in [0.29, 0.717) is 5.75 Å². The smallest absolute Gasteiger partial charge is 0.261 e. The van der Waals surface area contributed by atoms with Gasteiger partial charge in [0, 0.05) is 5.39 Å². The van der Waals surface area contributed by atoms with Gasteiger partial charge in [-0.25, -0.2) is 0 Å². The molecule has 1 unspecified atom stereocenters. The number of amides is 1. The zero-order valence-electron chi connectivity index (χ0n) is 10.6. The van der Waals surface area contributed by atoms with E-state index in [1.807, 2.05) is 30.3 Å². The van der Waals surface area contributed by atoms with Crippen LogP contribution >= 0.6 is 0 Å². The Morgan fingerprint density at radius 1 is 1.53 bits per heavy atom. The van der Waals surface area contributed by atoms with Gasteiger partial charge in [-0.1, -0.05) is 24.1 Å². The van der Waals surface area contributed by atoms with Crippen molar-refractivity contribution < 1.29 is 9.53 Å². The van der Waals surface area contributed by atoms with Crippen molar-refractivity contribution in [1.82, 2.24) is 10.3 Å². The molecule has 2 rings (SSSR count). The van der Waals surface area contributed by atoms with Crippen LogP contribution in [0.15, 0.2) is 36.5 Å². The molecule has 0 saturated carbocycles. The number of terminal acetylenes is 1. The molecule has 0 aliphatic carbocycles. The van der Waals surface area contributed by atoms with Crippen LogP contribution in [0, 0.1) is 12.3 Å². The summed E-state index contributed by atoms with van der Waals surface area (Å²) in [5.74, 6) is 2.65. The van der Waals surface area contributed by atoms with E-state index in [9.17, 15) is 4.79 Å². The number of hydrogen-bond donors (Lipinski definition) is 1. The molecule has 0 bridgehead atoms. The third kappa shape index (κ3) is 3.23. The third-order valence-corrected chi connectivity index (χ3v) is 2.61. The Hall–Kier alpha value is -2.54. The molecule has 1 heterocycles. The highest BCUT2D eigenvalue weighted by Crippen LogP contribution is 2.18. The van der Waals surface area contributed by atoms with Gasteiger partial charge in [0.2, 0.25) is 0 Å². The zero-order valence-corrected chi connectivity index (χ0v) is 10.6. The molecule has 1 aromatic carbocycles. The minimum absolute atomic E-state index is 0.197. The van der Waals surface area contributed by atoms with E-state index in [1.54, 1.807) is 13.1 Å². The van der Waals surface area contributed by atoms with Crippen LogP contribution in [0.3, 0.4) is 0 Å². The second kappa shape index (κ2) is 5.87. The second-order valence-corrected chi connectivity index (χ2v) is 4.05. The highest BCUT2D eigenvalue weighted by molar-refractivity contribution is 5.82. The topological polar surface area (TPSA) is 51.2 Å². The van der Waals surface area contributed by atoms with Crippen molar-refractivity contribution in [1.29, 1.82) is 0 Å². The van der Waals surface area contributed by atoms with Crippen molar-refractivity contribution in [3.8, 4) is 18.1 Å². The average molecular weight is 254 g/mol. The predicted octanol–water partition coefficient (Wildman–Crippen LogP) is 1.75. The summed E-state index contributed by atoms with van der Waals surface area (Å²) >= 11 is 0. The molecule has 1 N–H and O–H groups in total. The molecule has 19 heavy (non-hydrogen) atoms. The Balaban J connectivity index is 2.08. The van der Waals surface area contributed by atoms with E-state index in [2.05, 4.69) is 16.2 Å². The van der Waals surface area contributed by atoms with E-state index in [-0.39, 0.29) is 12.5 Å². The molecular formula is C15H14N2O2. The average Bonchev–Trinajstić information content (AvgIpc) is 2.44. The molecule has 1 amide bonds. The van der Waals surface area contributed by atoms with Crippen LogP contribution in [0.5, 0.6) is 5.75 Å². The number of para-hydroxylation sites is 1. The number of nitrogens with zero attached hydrogens (tertiary/aromatic N) is 1. The van der Waals surface area contributed by atoms with Crippen LogP contribution in [-0.2, 0) is 4.79 Å². The molecule has 0 radical (unpaired) electrons.